The molecule has 0 radical (unpaired) electrons. The monoisotopic (exact) mass is 462 g/mol. The maximum absolute atomic E-state index is 3.29. The van der Waals surface area contributed by atoms with Crippen molar-refractivity contribution in [3.05, 3.63) is 142 Å². The lowest BCUT2D eigenvalue weighted by Gasteiger charge is -2.01. The molecule has 0 heteroatoms. The molecule has 0 aromatic heterocycles. The van der Waals surface area contributed by atoms with E-state index in [0.29, 0.717) is 0 Å². The first kappa shape index (κ1) is 24.7. The first-order valence-electron chi connectivity index (χ1n) is 12.7. The number of hydrogen-bond donors (Lipinski definition) is 0. The quantitative estimate of drug-likeness (QED) is 0.208. The minimum Gasteiger partial charge on any atom is -0.0654 e. The SMILES string of the molecule is CCCCCCc1ccc(C#Cc2cccc(C#Cc3cccc(C#Cc4ccccc4)c3)c2)cc1. The summed E-state index contributed by atoms with van der Waals surface area (Å²) in [5, 5.41) is 0. The molecule has 0 spiro atoms. The molecule has 0 saturated heterocycles. The van der Waals surface area contributed by atoms with Crippen LogP contribution in [-0.2, 0) is 6.42 Å². The minimum absolute atomic E-state index is 0.945. The maximum atomic E-state index is 3.29. The molecule has 36 heavy (non-hydrogen) atoms. The molecule has 0 aliphatic rings. The molecular weight excluding hydrogens is 432 g/mol. The van der Waals surface area contributed by atoms with E-state index in [2.05, 4.69) is 66.7 Å². The highest BCUT2D eigenvalue weighted by Gasteiger charge is 1.95. The van der Waals surface area contributed by atoms with E-state index in [-0.39, 0.29) is 0 Å². The second kappa shape index (κ2) is 13.4. The second-order valence-corrected chi connectivity index (χ2v) is 8.79. The Hall–Kier alpha value is -4.44. The predicted octanol–water partition coefficient (Wildman–Crippen LogP) is 8.01. The van der Waals surface area contributed by atoms with Crippen LogP contribution in [-0.4, -0.2) is 0 Å². The fourth-order valence-electron chi connectivity index (χ4n) is 3.81. The van der Waals surface area contributed by atoms with E-state index < -0.39 is 0 Å². The summed E-state index contributed by atoms with van der Waals surface area (Å²) in [6.07, 6.45) is 6.32. The molecule has 0 atom stereocenters. The minimum atomic E-state index is 0.945. The molecule has 174 valence electrons. The normalized spacial score (nSPS) is 9.69. The Kier molecular flexibility index (Phi) is 9.22. The standard InChI is InChI=1S/C36H30/c1-2-3-4-6-13-31-18-20-32(21-19-31)23-25-34-15-10-17-36(29-34)27-26-35-16-9-14-33(28-35)24-22-30-11-7-5-8-12-30/h5,7-12,14-21,28-29H,2-4,6,13H2,1H3. The van der Waals surface area contributed by atoms with Gasteiger partial charge in [0.1, 0.15) is 0 Å². The van der Waals surface area contributed by atoms with Gasteiger partial charge >= 0.3 is 0 Å². The molecule has 0 aliphatic carbocycles. The number of hydrogen-bond acceptors (Lipinski definition) is 0. The summed E-state index contributed by atoms with van der Waals surface area (Å²) in [5.74, 6) is 19.5. The Bertz CT molecular complexity index is 1450. The zero-order valence-corrected chi connectivity index (χ0v) is 20.9. The fourth-order valence-corrected chi connectivity index (χ4v) is 3.81. The second-order valence-electron chi connectivity index (χ2n) is 8.79. The lowest BCUT2D eigenvalue weighted by molar-refractivity contribution is 0.667. The van der Waals surface area contributed by atoms with Crippen LogP contribution in [0.25, 0.3) is 0 Å². The molecule has 4 aromatic carbocycles. The average Bonchev–Trinajstić information content (AvgIpc) is 2.94. The molecule has 0 aliphatic heterocycles. The molecule has 0 nitrogen and oxygen atoms in total. The number of unbranched alkanes of at least 4 members (excludes halogenated alkanes) is 3. The summed E-state index contributed by atoms with van der Waals surface area (Å²) in [5.41, 5.74) is 7.25. The van der Waals surface area contributed by atoms with Crippen LogP contribution in [0.2, 0.25) is 0 Å². The smallest absolute Gasteiger partial charge is 0.0261 e. The van der Waals surface area contributed by atoms with E-state index in [4.69, 9.17) is 0 Å². The van der Waals surface area contributed by atoms with Gasteiger partial charge in [0.15, 0.2) is 0 Å². The van der Waals surface area contributed by atoms with E-state index in [1.807, 2.05) is 78.9 Å². The molecule has 0 N–H and O–H groups in total. The van der Waals surface area contributed by atoms with E-state index in [1.54, 1.807) is 0 Å². The van der Waals surface area contributed by atoms with E-state index in [1.165, 1.54) is 31.2 Å². The predicted molar refractivity (Wildman–Crippen MR) is 152 cm³/mol. The van der Waals surface area contributed by atoms with Crippen LogP contribution in [0.1, 0.15) is 71.6 Å². The summed E-state index contributed by atoms with van der Waals surface area (Å²) >= 11 is 0. The van der Waals surface area contributed by atoms with Crippen LogP contribution in [0, 0.1) is 35.5 Å². The molecule has 0 unspecified atom stereocenters. The van der Waals surface area contributed by atoms with Crippen molar-refractivity contribution >= 4 is 0 Å². The number of aryl methyl sites for hydroxylation is 1. The molecule has 4 aromatic rings. The third kappa shape index (κ3) is 8.10. The summed E-state index contributed by atoms with van der Waals surface area (Å²) < 4.78 is 0. The topological polar surface area (TPSA) is 0 Å². The van der Waals surface area contributed by atoms with Crippen LogP contribution < -0.4 is 0 Å². The lowest BCUT2D eigenvalue weighted by atomic mass is 10.0. The molecule has 4 rings (SSSR count). The van der Waals surface area contributed by atoms with Crippen LogP contribution >= 0.6 is 0 Å². The van der Waals surface area contributed by atoms with Crippen molar-refractivity contribution in [3.63, 3.8) is 0 Å². The Morgan fingerprint density at radius 2 is 0.861 bits per heavy atom. The van der Waals surface area contributed by atoms with Crippen LogP contribution in [0.3, 0.4) is 0 Å². The van der Waals surface area contributed by atoms with Gasteiger partial charge in [0.2, 0.25) is 0 Å². The van der Waals surface area contributed by atoms with E-state index in [0.717, 1.165) is 39.8 Å². The van der Waals surface area contributed by atoms with E-state index in [9.17, 15) is 0 Å². The van der Waals surface area contributed by atoms with Gasteiger partial charge in [-0.1, -0.05) is 104 Å². The zero-order valence-electron chi connectivity index (χ0n) is 20.9. The van der Waals surface area contributed by atoms with Crippen LogP contribution in [0.5, 0.6) is 0 Å². The summed E-state index contributed by atoms with van der Waals surface area (Å²) in [4.78, 5) is 0. The van der Waals surface area contributed by atoms with Crippen molar-refractivity contribution in [1.82, 2.24) is 0 Å². The molecule has 0 heterocycles. The zero-order chi connectivity index (χ0) is 24.8. The highest BCUT2D eigenvalue weighted by Crippen LogP contribution is 2.10. The molecule has 0 fully saturated rings. The molecule has 0 saturated carbocycles. The van der Waals surface area contributed by atoms with Crippen molar-refractivity contribution in [1.29, 1.82) is 0 Å². The maximum Gasteiger partial charge on any atom is 0.0261 e. The lowest BCUT2D eigenvalue weighted by Crippen LogP contribution is -1.86. The Labute approximate surface area is 216 Å². The summed E-state index contributed by atoms with van der Waals surface area (Å²) in [7, 11) is 0. The van der Waals surface area contributed by atoms with Gasteiger partial charge in [0, 0.05) is 33.4 Å². The van der Waals surface area contributed by atoms with Gasteiger partial charge in [-0.25, -0.2) is 0 Å². The third-order valence-electron chi connectivity index (χ3n) is 5.83. The molecule has 0 bridgehead atoms. The Balaban J connectivity index is 1.41. The Morgan fingerprint density at radius 3 is 1.36 bits per heavy atom. The number of benzene rings is 4. The van der Waals surface area contributed by atoms with Gasteiger partial charge in [-0.2, -0.15) is 0 Å². The summed E-state index contributed by atoms with van der Waals surface area (Å²) in [6, 6.07) is 34.8. The summed E-state index contributed by atoms with van der Waals surface area (Å²) in [6.45, 7) is 2.25. The van der Waals surface area contributed by atoms with Crippen molar-refractivity contribution < 1.29 is 0 Å². The first-order valence-corrected chi connectivity index (χ1v) is 12.7. The van der Waals surface area contributed by atoms with Gasteiger partial charge in [-0.05, 0) is 79.1 Å². The third-order valence-corrected chi connectivity index (χ3v) is 5.83. The van der Waals surface area contributed by atoms with Gasteiger partial charge in [-0.15, -0.1) is 0 Å². The van der Waals surface area contributed by atoms with Gasteiger partial charge in [0.05, 0.1) is 0 Å². The van der Waals surface area contributed by atoms with Crippen molar-refractivity contribution in [2.45, 2.75) is 39.0 Å². The van der Waals surface area contributed by atoms with Gasteiger partial charge < -0.3 is 0 Å². The fraction of sp³-hybridized carbons (Fsp3) is 0.167. The van der Waals surface area contributed by atoms with Crippen LogP contribution in [0.15, 0.2) is 103 Å². The van der Waals surface area contributed by atoms with Crippen molar-refractivity contribution in [3.8, 4) is 35.5 Å². The first-order chi connectivity index (χ1) is 17.8. The number of rotatable bonds is 5. The highest BCUT2D eigenvalue weighted by atomic mass is 14.0. The van der Waals surface area contributed by atoms with E-state index >= 15 is 0 Å². The van der Waals surface area contributed by atoms with Gasteiger partial charge in [-0.3, -0.25) is 0 Å². The van der Waals surface area contributed by atoms with Crippen LogP contribution in [0.4, 0.5) is 0 Å². The largest absolute Gasteiger partial charge is 0.0654 e. The van der Waals surface area contributed by atoms with Crippen molar-refractivity contribution in [2.24, 2.45) is 0 Å². The molecule has 0 amide bonds. The van der Waals surface area contributed by atoms with Crippen molar-refractivity contribution in [2.75, 3.05) is 0 Å². The molecular formula is C36H30. The Morgan fingerprint density at radius 1 is 0.417 bits per heavy atom. The average molecular weight is 463 g/mol. The highest BCUT2D eigenvalue weighted by molar-refractivity contribution is 5.51. The van der Waals surface area contributed by atoms with Gasteiger partial charge in [0.25, 0.3) is 0 Å².